The van der Waals surface area contributed by atoms with Crippen LogP contribution in [-0.4, -0.2) is 18.5 Å². The maximum Gasteiger partial charge on any atom is 0.188 e. The molecule has 1 fully saturated rings. The first-order valence-corrected chi connectivity index (χ1v) is 7.96. The van der Waals surface area contributed by atoms with Gasteiger partial charge in [-0.2, -0.15) is 0 Å². The van der Waals surface area contributed by atoms with Gasteiger partial charge in [-0.15, -0.1) is 24.0 Å². The van der Waals surface area contributed by atoms with Gasteiger partial charge in [-0.05, 0) is 36.1 Å². The monoisotopic (exact) mass is 441 g/mol. The van der Waals surface area contributed by atoms with Crippen LogP contribution in [0.5, 0.6) is 0 Å². The Morgan fingerprint density at radius 3 is 2.70 bits per heavy atom. The third-order valence-electron chi connectivity index (χ3n) is 3.93. The molecular weight excluding hydrogens is 421 g/mol. The predicted octanol–water partition coefficient (Wildman–Crippen LogP) is 3.96. The Hall–Kier alpha value is -1.27. The molecule has 3 N–H and O–H groups in total. The van der Waals surface area contributed by atoms with Gasteiger partial charge in [0.2, 0.25) is 0 Å². The molecule has 2 aromatic carbocycles. The van der Waals surface area contributed by atoms with E-state index < -0.39 is 0 Å². The molecule has 2 atom stereocenters. The van der Waals surface area contributed by atoms with Gasteiger partial charge in [-0.25, -0.2) is 0 Å². The highest BCUT2D eigenvalue weighted by Crippen LogP contribution is 2.41. The molecule has 0 aliphatic heterocycles. The zero-order valence-electron chi connectivity index (χ0n) is 12.8. The predicted molar refractivity (Wildman–Crippen MR) is 108 cm³/mol. The number of nitrogens with one attached hydrogen (secondary N) is 1. The van der Waals surface area contributed by atoms with Crippen LogP contribution in [0.25, 0.3) is 0 Å². The van der Waals surface area contributed by atoms with Gasteiger partial charge in [0.05, 0.1) is 0 Å². The molecule has 2 unspecified atom stereocenters. The average molecular weight is 442 g/mol. The molecule has 0 amide bonds. The van der Waals surface area contributed by atoms with Gasteiger partial charge in [-0.1, -0.05) is 54.1 Å². The number of guanidine groups is 1. The second-order valence-corrected chi connectivity index (χ2v) is 6.09. The second-order valence-electron chi connectivity index (χ2n) is 5.65. The summed E-state index contributed by atoms with van der Waals surface area (Å²) in [5, 5.41) is 4.08. The Labute approximate surface area is 159 Å². The lowest BCUT2D eigenvalue weighted by atomic mass is 10.1. The van der Waals surface area contributed by atoms with E-state index in [1.165, 1.54) is 11.1 Å². The first-order valence-electron chi connectivity index (χ1n) is 7.58. The molecule has 0 bridgehead atoms. The summed E-state index contributed by atoms with van der Waals surface area (Å²) in [4.78, 5) is 4.40. The van der Waals surface area contributed by atoms with E-state index in [0.29, 0.717) is 24.5 Å². The zero-order chi connectivity index (χ0) is 15.4. The van der Waals surface area contributed by atoms with Crippen molar-refractivity contribution >= 4 is 41.5 Å². The number of benzene rings is 2. The molecule has 3 nitrogen and oxygen atoms in total. The zero-order valence-corrected chi connectivity index (χ0v) is 15.9. The summed E-state index contributed by atoms with van der Waals surface area (Å²) in [7, 11) is 0. The molecule has 0 heterocycles. The van der Waals surface area contributed by atoms with Crippen molar-refractivity contribution < 1.29 is 0 Å². The van der Waals surface area contributed by atoms with Crippen LogP contribution in [0.15, 0.2) is 59.6 Å². The third-order valence-corrected chi connectivity index (χ3v) is 4.16. The first-order chi connectivity index (χ1) is 10.7. The van der Waals surface area contributed by atoms with Crippen LogP contribution in [-0.2, 0) is 6.42 Å². The van der Waals surface area contributed by atoms with Crippen molar-refractivity contribution in [1.29, 1.82) is 0 Å². The number of hydrogen-bond donors (Lipinski definition) is 2. The van der Waals surface area contributed by atoms with Crippen LogP contribution in [0.3, 0.4) is 0 Å². The van der Waals surface area contributed by atoms with Gasteiger partial charge in [-0.3, -0.25) is 4.99 Å². The normalized spacial score (nSPS) is 19.8. The SMILES string of the molecule is I.NC(=NCCc1ccccc1)NC1CC1c1cccc(Cl)c1. The highest BCUT2D eigenvalue weighted by molar-refractivity contribution is 14.0. The fourth-order valence-electron chi connectivity index (χ4n) is 2.65. The molecule has 1 aliphatic rings. The van der Waals surface area contributed by atoms with Crippen molar-refractivity contribution in [2.75, 3.05) is 6.54 Å². The summed E-state index contributed by atoms with van der Waals surface area (Å²) >= 11 is 6.03. The van der Waals surface area contributed by atoms with E-state index in [9.17, 15) is 0 Å². The standard InChI is InChI=1S/C18H20ClN3.HI/c19-15-8-4-7-14(11-15)16-12-17(16)22-18(20)21-10-9-13-5-2-1-3-6-13;/h1-8,11,16-17H,9-10,12H2,(H3,20,21,22);1H. The molecule has 0 spiro atoms. The van der Waals surface area contributed by atoms with E-state index in [1.54, 1.807) is 0 Å². The highest BCUT2D eigenvalue weighted by Gasteiger charge is 2.38. The van der Waals surface area contributed by atoms with Gasteiger partial charge in [0.25, 0.3) is 0 Å². The lowest BCUT2D eigenvalue weighted by Crippen LogP contribution is -2.34. The van der Waals surface area contributed by atoms with Gasteiger partial charge < -0.3 is 11.1 Å². The topological polar surface area (TPSA) is 50.4 Å². The minimum absolute atomic E-state index is 0. The highest BCUT2D eigenvalue weighted by atomic mass is 127. The Morgan fingerprint density at radius 2 is 1.96 bits per heavy atom. The maximum atomic E-state index is 6.03. The van der Waals surface area contributed by atoms with E-state index in [0.717, 1.165) is 17.9 Å². The summed E-state index contributed by atoms with van der Waals surface area (Å²) in [6, 6.07) is 18.7. The van der Waals surface area contributed by atoms with Crippen LogP contribution in [0, 0.1) is 0 Å². The van der Waals surface area contributed by atoms with Crippen LogP contribution in [0.1, 0.15) is 23.5 Å². The van der Waals surface area contributed by atoms with E-state index >= 15 is 0 Å². The largest absolute Gasteiger partial charge is 0.370 e. The van der Waals surface area contributed by atoms with Crippen molar-refractivity contribution in [3.8, 4) is 0 Å². The number of nitrogens with two attached hydrogens (primary N) is 1. The van der Waals surface area contributed by atoms with Crippen LogP contribution < -0.4 is 11.1 Å². The Kier molecular flexibility index (Phi) is 6.72. The molecule has 1 aliphatic carbocycles. The van der Waals surface area contributed by atoms with Crippen LogP contribution >= 0.6 is 35.6 Å². The minimum Gasteiger partial charge on any atom is -0.370 e. The van der Waals surface area contributed by atoms with Crippen molar-refractivity contribution in [2.45, 2.75) is 24.8 Å². The number of halogens is 2. The number of rotatable bonds is 5. The van der Waals surface area contributed by atoms with Gasteiger partial charge in [0.15, 0.2) is 5.96 Å². The minimum atomic E-state index is 0. The summed E-state index contributed by atoms with van der Waals surface area (Å²) < 4.78 is 0. The van der Waals surface area contributed by atoms with Crippen molar-refractivity contribution in [3.63, 3.8) is 0 Å². The summed E-state index contributed by atoms with van der Waals surface area (Å²) in [6.45, 7) is 0.706. The molecule has 2 aromatic rings. The summed E-state index contributed by atoms with van der Waals surface area (Å²) in [6.07, 6.45) is 1.99. The van der Waals surface area contributed by atoms with E-state index in [1.807, 2.05) is 36.4 Å². The molecule has 3 rings (SSSR count). The van der Waals surface area contributed by atoms with Crippen molar-refractivity contribution in [2.24, 2.45) is 10.7 Å². The van der Waals surface area contributed by atoms with E-state index in [4.69, 9.17) is 17.3 Å². The van der Waals surface area contributed by atoms with E-state index in [2.05, 4.69) is 28.5 Å². The van der Waals surface area contributed by atoms with Gasteiger partial charge >= 0.3 is 0 Å². The van der Waals surface area contributed by atoms with Gasteiger partial charge in [0, 0.05) is 23.5 Å². The van der Waals surface area contributed by atoms with Gasteiger partial charge in [0.1, 0.15) is 0 Å². The molecule has 23 heavy (non-hydrogen) atoms. The van der Waals surface area contributed by atoms with E-state index in [-0.39, 0.29) is 24.0 Å². The fraction of sp³-hybridized carbons (Fsp3) is 0.278. The quantitative estimate of drug-likeness (QED) is 0.419. The molecule has 5 heteroatoms. The molecule has 1 saturated carbocycles. The van der Waals surface area contributed by atoms with Crippen molar-refractivity contribution in [1.82, 2.24) is 5.32 Å². The maximum absolute atomic E-state index is 6.03. The van der Waals surface area contributed by atoms with Crippen LogP contribution in [0.2, 0.25) is 5.02 Å². The number of aliphatic imine (C=N–C) groups is 1. The number of nitrogens with zero attached hydrogens (tertiary/aromatic N) is 1. The average Bonchev–Trinajstić information content (AvgIpc) is 3.27. The third kappa shape index (κ3) is 5.39. The summed E-state index contributed by atoms with van der Waals surface area (Å²) in [5.74, 6) is 1.02. The Morgan fingerprint density at radius 1 is 1.17 bits per heavy atom. The molecule has 0 radical (unpaired) electrons. The number of hydrogen-bond acceptors (Lipinski definition) is 1. The van der Waals surface area contributed by atoms with Crippen LogP contribution in [0.4, 0.5) is 0 Å². The lowest BCUT2D eigenvalue weighted by molar-refractivity contribution is 0.843. The molecule has 0 aromatic heterocycles. The van der Waals surface area contributed by atoms with Crippen molar-refractivity contribution in [3.05, 3.63) is 70.7 Å². The first kappa shape index (κ1) is 18.1. The Balaban J connectivity index is 0.00000192. The molecule has 0 saturated heterocycles. The smallest absolute Gasteiger partial charge is 0.188 e. The lowest BCUT2D eigenvalue weighted by Gasteiger charge is -2.06. The molecular formula is C18H21ClIN3. The molecule has 122 valence electrons. The Bertz CT molecular complexity index is 660. The fourth-order valence-corrected chi connectivity index (χ4v) is 2.84. The second kappa shape index (κ2) is 8.55. The summed E-state index contributed by atoms with van der Waals surface area (Å²) in [5.41, 5.74) is 8.51.